The van der Waals surface area contributed by atoms with Crippen molar-refractivity contribution in [1.82, 2.24) is 9.62 Å². The summed E-state index contributed by atoms with van der Waals surface area (Å²) in [5.41, 5.74) is -0.554. The van der Waals surface area contributed by atoms with Crippen LogP contribution in [0.5, 0.6) is 0 Å². The number of hydrogen-bond acceptors (Lipinski definition) is 5. The number of sulfonamides is 1. The fourth-order valence-corrected chi connectivity index (χ4v) is 2.88. The molecule has 0 aromatic heterocycles. The van der Waals surface area contributed by atoms with Gasteiger partial charge in [-0.25, -0.2) is 17.9 Å². The summed E-state index contributed by atoms with van der Waals surface area (Å²) in [7, 11) is -1.80. The Morgan fingerprint density at radius 3 is 2.40 bits per heavy atom. The van der Waals surface area contributed by atoms with Gasteiger partial charge >= 0.3 is 6.09 Å². The molecule has 2 atom stereocenters. The first-order valence-corrected chi connectivity index (χ1v) is 8.39. The summed E-state index contributed by atoms with van der Waals surface area (Å²) in [4.78, 5) is 13.5. The van der Waals surface area contributed by atoms with E-state index in [2.05, 4.69) is 4.72 Å². The Labute approximate surface area is 120 Å². The van der Waals surface area contributed by atoms with Crippen LogP contribution in [0, 0.1) is 0 Å². The summed E-state index contributed by atoms with van der Waals surface area (Å²) >= 11 is 0. The molecule has 1 heterocycles. The molecule has 1 rings (SSSR count). The van der Waals surface area contributed by atoms with Crippen molar-refractivity contribution in [2.45, 2.75) is 44.9 Å². The van der Waals surface area contributed by atoms with E-state index in [-0.39, 0.29) is 12.1 Å². The van der Waals surface area contributed by atoms with Crippen LogP contribution in [0.2, 0.25) is 0 Å². The monoisotopic (exact) mass is 308 g/mol. The van der Waals surface area contributed by atoms with E-state index < -0.39 is 21.7 Å². The van der Waals surface area contributed by atoms with Crippen LogP contribution < -0.4 is 4.72 Å². The number of rotatable bonds is 3. The van der Waals surface area contributed by atoms with E-state index in [1.54, 1.807) is 25.7 Å². The van der Waals surface area contributed by atoms with E-state index in [0.717, 1.165) is 6.26 Å². The van der Waals surface area contributed by atoms with Crippen LogP contribution in [-0.2, 0) is 19.5 Å². The Bertz CT molecular complexity index is 443. The zero-order valence-electron chi connectivity index (χ0n) is 12.7. The fourth-order valence-electron chi connectivity index (χ4n) is 2.06. The van der Waals surface area contributed by atoms with Crippen molar-refractivity contribution in [3.8, 4) is 0 Å². The third kappa shape index (κ3) is 5.64. The lowest BCUT2D eigenvalue weighted by Gasteiger charge is -2.38. The highest BCUT2D eigenvalue weighted by atomic mass is 32.2. The molecule has 0 saturated carbocycles. The first-order valence-electron chi connectivity index (χ1n) is 6.50. The summed E-state index contributed by atoms with van der Waals surface area (Å²) in [6.45, 7) is 6.14. The van der Waals surface area contributed by atoms with Crippen LogP contribution in [0.4, 0.5) is 4.79 Å². The molecule has 0 aromatic rings. The topological polar surface area (TPSA) is 84.9 Å². The number of amides is 1. The van der Waals surface area contributed by atoms with Gasteiger partial charge in [0.25, 0.3) is 0 Å². The average Bonchev–Trinajstić information content (AvgIpc) is 2.25. The van der Waals surface area contributed by atoms with Gasteiger partial charge in [-0.2, -0.15) is 0 Å². The second kappa shape index (κ2) is 6.28. The van der Waals surface area contributed by atoms with Gasteiger partial charge in [0.05, 0.1) is 24.9 Å². The van der Waals surface area contributed by atoms with Crippen molar-refractivity contribution < 1.29 is 22.7 Å². The molecule has 1 aliphatic rings. The van der Waals surface area contributed by atoms with Crippen molar-refractivity contribution in [2.24, 2.45) is 0 Å². The molecule has 0 bridgehead atoms. The highest BCUT2D eigenvalue weighted by molar-refractivity contribution is 7.88. The van der Waals surface area contributed by atoms with Crippen molar-refractivity contribution in [3.05, 3.63) is 0 Å². The van der Waals surface area contributed by atoms with E-state index >= 15 is 0 Å². The van der Waals surface area contributed by atoms with Gasteiger partial charge in [0.2, 0.25) is 10.0 Å². The first kappa shape index (κ1) is 17.2. The lowest BCUT2D eigenvalue weighted by atomic mass is 10.0. The van der Waals surface area contributed by atoms with E-state index in [0.29, 0.717) is 19.5 Å². The number of piperidine rings is 1. The summed E-state index contributed by atoms with van der Waals surface area (Å²) in [5, 5.41) is 0. The SMILES string of the molecule is CO[C@H]1CN(C(=O)OC(C)(C)C)CCC1NS(C)(=O)=O. The number of ether oxygens (including phenoxy) is 2. The standard InChI is InChI=1S/C12H24N2O5S/c1-12(2,3)19-11(15)14-7-6-9(10(8-14)18-4)13-20(5,16)17/h9-10,13H,6-8H2,1-5H3/t9?,10-/m0/s1. The first-order chi connectivity index (χ1) is 9.02. The minimum Gasteiger partial charge on any atom is -0.444 e. The van der Waals surface area contributed by atoms with Crippen molar-refractivity contribution >= 4 is 16.1 Å². The molecular weight excluding hydrogens is 284 g/mol. The number of hydrogen-bond donors (Lipinski definition) is 1. The van der Waals surface area contributed by atoms with Gasteiger partial charge in [-0.15, -0.1) is 0 Å². The second-order valence-electron chi connectivity index (χ2n) is 5.99. The fraction of sp³-hybridized carbons (Fsp3) is 0.917. The van der Waals surface area contributed by atoms with Crippen molar-refractivity contribution in [2.75, 3.05) is 26.5 Å². The van der Waals surface area contributed by atoms with Gasteiger partial charge in [-0.3, -0.25) is 0 Å². The van der Waals surface area contributed by atoms with Crippen LogP contribution >= 0.6 is 0 Å². The van der Waals surface area contributed by atoms with Crippen molar-refractivity contribution in [1.29, 1.82) is 0 Å². The van der Waals surface area contributed by atoms with Crippen LogP contribution in [-0.4, -0.2) is 63.6 Å². The molecule has 0 spiro atoms. The van der Waals surface area contributed by atoms with Gasteiger partial charge in [-0.1, -0.05) is 0 Å². The predicted molar refractivity (Wildman–Crippen MR) is 75.0 cm³/mol. The Balaban J connectivity index is 2.65. The quantitative estimate of drug-likeness (QED) is 0.823. The van der Waals surface area contributed by atoms with E-state index in [9.17, 15) is 13.2 Å². The molecule has 0 aliphatic carbocycles. The number of carbonyl (C=O) groups excluding carboxylic acids is 1. The van der Waals surface area contributed by atoms with Crippen LogP contribution in [0.25, 0.3) is 0 Å². The predicted octanol–water partition coefficient (Wildman–Crippen LogP) is 0.560. The van der Waals surface area contributed by atoms with Crippen molar-refractivity contribution in [3.63, 3.8) is 0 Å². The molecular formula is C12H24N2O5S. The molecule has 8 heteroatoms. The minimum absolute atomic E-state index is 0.304. The molecule has 1 amide bonds. The van der Waals surface area contributed by atoms with Gasteiger partial charge < -0.3 is 14.4 Å². The van der Waals surface area contributed by atoms with Crippen LogP contribution in [0.15, 0.2) is 0 Å². The molecule has 1 aliphatic heterocycles. The maximum Gasteiger partial charge on any atom is 0.410 e. The van der Waals surface area contributed by atoms with Gasteiger partial charge in [0.15, 0.2) is 0 Å². The lowest BCUT2D eigenvalue weighted by molar-refractivity contribution is -0.0148. The molecule has 0 aromatic carbocycles. The van der Waals surface area contributed by atoms with Gasteiger partial charge in [0.1, 0.15) is 5.60 Å². The zero-order valence-corrected chi connectivity index (χ0v) is 13.5. The number of nitrogens with one attached hydrogen (secondary N) is 1. The van der Waals surface area contributed by atoms with Gasteiger partial charge in [-0.05, 0) is 27.2 Å². The summed E-state index contributed by atoms with van der Waals surface area (Å²) in [6.07, 6.45) is 0.813. The number of nitrogens with zero attached hydrogens (tertiary/aromatic N) is 1. The Morgan fingerprint density at radius 1 is 1.35 bits per heavy atom. The summed E-state index contributed by atoms with van der Waals surface area (Å²) < 4.78 is 35.7. The Hall–Kier alpha value is -0.860. The van der Waals surface area contributed by atoms with Crippen LogP contribution in [0.3, 0.4) is 0 Å². The van der Waals surface area contributed by atoms with E-state index in [4.69, 9.17) is 9.47 Å². The largest absolute Gasteiger partial charge is 0.444 e. The van der Waals surface area contributed by atoms with E-state index in [1.807, 2.05) is 0 Å². The third-order valence-electron chi connectivity index (χ3n) is 2.88. The molecule has 20 heavy (non-hydrogen) atoms. The van der Waals surface area contributed by atoms with E-state index in [1.165, 1.54) is 7.11 Å². The molecule has 1 fully saturated rings. The zero-order chi connectivity index (χ0) is 15.6. The normalized spacial score (nSPS) is 24.6. The molecule has 1 saturated heterocycles. The smallest absolute Gasteiger partial charge is 0.410 e. The maximum atomic E-state index is 12.0. The second-order valence-corrected chi connectivity index (χ2v) is 7.77. The Morgan fingerprint density at radius 2 is 1.95 bits per heavy atom. The molecule has 7 nitrogen and oxygen atoms in total. The highest BCUT2D eigenvalue weighted by Gasteiger charge is 2.34. The number of likely N-dealkylation sites (tertiary alicyclic amines) is 1. The summed E-state index contributed by atoms with van der Waals surface area (Å²) in [5.74, 6) is 0. The minimum atomic E-state index is -3.30. The number of carbonyl (C=O) groups is 1. The molecule has 1 unspecified atom stereocenters. The third-order valence-corrected chi connectivity index (χ3v) is 3.61. The highest BCUT2D eigenvalue weighted by Crippen LogP contribution is 2.18. The molecule has 1 N–H and O–H groups in total. The maximum absolute atomic E-state index is 12.0. The molecule has 118 valence electrons. The summed E-state index contributed by atoms with van der Waals surface area (Å²) in [6, 6.07) is -0.325. The van der Waals surface area contributed by atoms with Crippen LogP contribution in [0.1, 0.15) is 27.2 Å². The Kier molecular flexibility index (Phi) is 5.39. The number of methoxy groups -OCH3 is 1. The van der Waals surface area contributed by atoms with Gasteiger partial charge in [0, 0.05) is 13.7 Å². The lowest BCUT2D eigenvalue weighted by Crippen LogP contribution is -2.56. The average molecular weight is 308 g/mol. The molecule has 0 radical (unpaired) electrons.